The molecule has 0 aliphatic carbocycles. The van der Waals surface area contributed by atoms with E-state index in [2.05, 4.69) is 4.98 Å². The van der Waals surface area contributed by atoms with Crippen LogP contribution in [0.2, 0.25) is 0 Å². The van der Waals surface area contributed by atoms with E-state index in [1.807, 2.05) is 49.4 Å². The Bertz CT molecular complexity index is 781. The molecule has 0 aliphatic rings. The fraction of sp³-hybridized carbons (Fsp3) is 0.0667. The fourth-order valence-corrected chi connectivity index (χ4v) is 2.75. The maximum absolute atomic E-state index is 12.4. The van der Waals surface area contributed by atoms with E-state index in [1.54, 1.807) is 16.8 Å². The summed E-state index contributed by atoms with van der Waals surface area (Å²) in [7, 11) is 0. The van der Waals surface area contributed by atoms with Crippen LogP contribution in [0.5, 0.6) is 0 Å². The molecule has 0 N–H and O–H groups in total. The SMILES string of the molecule is Cc1cccn2c(=O)c(Sc3ccccc3)cnc12. The predicted octanol–water partition coefficient (Wildman–Crippen LogP) is 3.15. The average molecular weight is 268 g/mol. The van der Waals surface area contributed by atoms with Gasteiger partial charge in [-0.15, -0.1) is 0 Å². The van der Waals surface area contributed by atoms with Gasteiger partial charge < -0.3 is 0 Å². The third-order valence-corrected chi connectivity index (χ3v) is 3.87. The van der Waals surface area contributed by atoms with E-state index in [0.717, 1.165) is 10.5 Å². The van der Waals surface area contributed by atoms with Crippen LogP contribution in [0.1, 0.15) is 5.56 Å². The molecule has 0 saturated heterocycles. The molecule has 0 unspecified atom stereocenters. The number of aryl methyl sites for hydroxylation is 1. The summed E-state index contributed by atoms with van der Waals surface area (Å²) in [6, 6.07) is 13.6. The molecule has 0 spiro atoms. The Morgan fingerprint density at radius 3 is 2.68 bits per heavy atom. The normalized spacial score (nSPS) is 10.8. The van der Waals surface area contributed by atoms with E-state index >= 15 is 0 Å². The molecule has 4 heteroatoms. The number of aromatic nitrogens is 2. The zero-order valence-corrected chi connectivity index (χ0v) is 11.2. The number of nitrogens with zero attached hydrogens (tertiary/aromatic N) is 2. The highest BCUT2D eigenvalue weighted by atomic mass is 32.2. The second kappa shape index (κ2) is 4.90. The van der Waals surface area contributed by atoms with Crippen LogP contribution in [0.25, 0.3) is 5.65 Å². The molecule has 3 aromatic rings. The third kappa shape index (κ3) is 2.27. The quantitative estimate of drug-likeness (QED) is 0.716. The van der Waals surface area contributed by atoms with Gasteiger partial charge in [0.1, 0.15) is 5.65 Å². The lowest BCUT2D eigenvalue weighted by atomic mass is 10.3. The van der Waals surface area contributed by atoms with Gasteiger partial charge in [-0.1, -0.05) is 36.0 Å². The fourth-order valence-electron chi connectivity index (χ4n) is 1.92. The van der Waals surface area contributed by atoms with E-state index in [4.69, 9.17) is 0 Å². The van der Waals surface area contributed by atoms with Crippen molar-refractivity contribution in [2.24, 2.45) is 0 Å². The van der Waals surface area contributed by atoms with E-state index in [9.17, 15) is 4.79 Å². The van der Waals surface area contributed by atoms with E-state index in [-0.39, 0.29) is 5.56 Å². The molecule has 3 nitrogen and oxygen atoms in total. The predicted molar refractivity (Wildman–Crippen MR) is 76.8 cm³/mol. The maximum atomic E-state index is 12.4. The van der Waals surface area contributed by atoms with Crippen LogP contribution < -0.4 is 5.56 Å². The molecule has 0 fully saturated rings. The van der Waals surface area contributed by atoms with Crippen molar-refractivity contribution >= 4 is 17.4 Å². The van der Waals surface area contributed by atoms with Crippen LogP contribution in [0, 0.1) is 6.92 Å². The second-order valence-electron chi connectivity index (χ2n) is 4.23. The number of hydrogen-bond donors (Lipinski definition) is 0. The monoisotopic (exact) mass is 268 g/mol. The van der Waals surface area contributed by atoms with Crippen molar-refractivity contribution in [1.82, 2.24) is 9.38 Å². The van der Waals surface area contributed by atoms with Crippen LogP contribution in [0.4, 0.5) is 0 Å². The number of hydrogen-bond acceptors (Lipinski definition) is 3. The molecule has 0 bridgehead atoms. The van der Waals surface area contributed by atoms with Crippen LogP contribution in [0.3, 0.4) is 0 Å². The minimum Gasteiger partial charge on any atom is -0.268 e. The first-order chi connectivity index (χ1) is 9.25. The van der Waals surface area contributed by atoms with Crippen molar-refractivity contribution in [2.75, 3.05) is 0 Å². The van der Waals surface area contributed by atoms with E-state index in [0.29, 0.717) is 10.5 Å². The number of fused-ring (bicyclic) bond motifs is 1. The standard InChI is InChI=1S/C15H12N2OS/c1-11-6-5-9-17-14(11)16-10-13(15(17)18)19-12-7-3-2-4-8-12/h2-10H,1H3. The smallest absolute Gasteiger partial charge is 0.268 e. The summed E-state index contributed by atoms with van der Waals surface area (Å²) in [5.74, 6) is 0. The Hall–Kier alpha value is -2.07. The highest BCUT2D eigenvalue weighted by Crippen LogP contribution is 2.24. The summed E-state index contributed by atoms with van der Waals surface area (Å²) in [4.78, 5) is 18.4. The summed E-state index contributed by atoms with van der Waals surface area (Å²) in [5.41, 5.74) is 1.68. The Balaban J connectivity index is 2.11. The molecule has 0 radical (unpaired) electrons. The molecule has 2 heterocycles. The minimum atomic E-state index is -0.0254. The van der Waals surface area contributed by atoms with Gasteiger partial charge in [-0.3, -0.25) is 9.20 Å². The lowest BCUT2D eigenvalue weighted by Crippen LogP contribution is -2.16. The van der Waals surface area contributed by atoms with Crippen molar-refractivity contribution < 1.29 is 0 Å². The first-order valence-electron chi connectivity index (χ1n) is 5.95. The highest BCUT2D eigenvalue weighted by molar-refractivity contribution is 7.99. The molecule has 94 valence electrons. The summed E-state index contributed by atoms with van der Waals surface area (Å²) in [6.07, 6.45) is 3.41. The van der Waals surface area contributed by atoms with Gasteiger partial charge in [-0.25, -0.2) is 4.98 Å². The molecule has 0 amide bonds. The number of rotatable bonds is 2. The summed E-state index contributed by atoms with van der Waals surface area (Å²) in [6.45, 7) is 1.95. The summed E-state index contributed by atoms with van der Waals surface area (Å²) < 4.78 is 1.60. The first-order valence-corrected chi connectivity index (χ1v) is 6.77. The van der Waals surface area contributed by atoms with Gasteiger partial charge in [0.15, 0.2) is 0 Å². The van der Waals surface area contributed by atoms with Crippen LogP contribution >= 0.6 is 11.8 Å². The van der Waals surface area contributed by atoms with Crippen molar-refractivity contribution in [3.05, 3.63) is 70.8 Å². The molecule has 3 rings (SSSR count). The van der Waals surface area contributed by atoms with Crippen molar-refractivity contribution in [3.63, 3.8) is 0 Å². The maximum Gasteiger partial charge on any atom is 0.271 e. The van der Waals surface area contributed by atoms with Gasteiger partial charge in [0.25, 0.3) is 5.56 Å². The molecule has 0 atom stereocenters. The summed E-state index contributed by atoms with van der Waals surface area (Å²) >= 11 is 1.44. The van der Waals surface area contributed by atoms with Crippen LogP contribution in [-0.4, -0.2) is 9.38 Å². The first kappa shape index (κ1) is 12.0. The Morgan fingerprint density at radius 1 is 1.11 bits per heavy atom. The molecule has 0 saturated carbocycles. The Morgan fingerprint density at radius 2 is 1.89 bits per heavy atom. The number of benzene rings is 1. The number of pyridine rings is 1. The lowest BCUT2D eigenvalue weighted by Gasteiger charge is -2.05. The molecular formula is C15H12N2OS. The highest BCUT2D eigenvalue weighted by Gasteiger charge is 2.07. The van der Waals surface area contributed by atoms with Gasteiger partial charge in [0.2, 0.25) is 0 Å². The lowest BCUT2D eigenvalue weighted by molar-refractivity contribution is 0.975. The molecule has 2 aromatic heterocycles. The van der Waals surface area contributed by atoms with Gasteiger partial charge in [-0.2, -0.15) is 0 Å². The van der Waals surface area contributed by atoms with Crippen LogP contribution in [-0.2, 0) is 0 Å². The second-order valence-corrected chi connectivity index (χ2v) is 5.34. The van der Waals surface area contributed by atoms with Crippen molar-refractivity contribution in [2.45, 2.75) is 16.7 Å². The zero-order valence-electron chi connectivity index (χ0n) is 10.4. The van der Waals surface area contributed by atoms with Crippen molar-refractivity contribution in [1.29, 1.82) is 0 Å². The van der Waals surface area contributed by atoms with Gasteiger partial charge in [-0.05, 0) is 30.7 Å². The van der Waals surface area contributed by atoms with Gasteiger partial charge >= 0.3 is 0 Å². The van der Waals surface area contributed by atoms with Gasteiger partial charge in [0, 0.05) is 17.3 Å². The minimum absolute atomic E-state index is 0.0254. The van der Waals surface area contributed by atoms with E-state index < -0.39 is 0 Å². The molecule has 19 heavy (non-hydrogen) atoms. The zero-order chi connectivity index (χ0) is 13.2. The van der Waals surface area contributed by atoms with Gasteiger partial charge in [0.05, 0.1) is 4.90 Å². The molecule has 1 aromatic carbocycles. The Labute approximate surface area is 114 Å². The van der Waals surface area contributed by atoms with E-state index in [1.165, 1.54) is 11.8 Å². The summed E-state index contributed by atoms with van der Waals surface area (Å²) in [5, 5.41) is 0. The largest absolute Gasteiger partial charge is 0.271 e. The topological polar surface area (TPSA) is 34.4 Å². The Kier molecular flexibility index (Phi) is 3.09. The molecular weight excluding hydrogens is 256 g/mol. The van der Waals surface area contributed by atoms with Crippen molar-refractivity contribution in [3.8, 4) is 0 Å². The third-order valence-electron chi connectivity index (χ3n) is 2.87. The van der Waals surface area contributed by atoms with Crippen LogP contribution in [0.15, 0.2) is 69.4 Å². The average Bonchev–Trinajstić information content (AvgIpc) is 2.44. The molecule has 0 aliphatic heterocycles.